The van der Waals surface area contributed by atoms with Crippen molar-refractivity contribution in [1.82, 2.24) is 15.0 Å². The zero-order chi connectivity index (χ0) is 11.9. The Morgan fingerprint density at radius 3 is 2.41 bits per heavy atom. The predicted molar refractivity (Wildman–Crippen MR) is 68.2 cm³/mol. The molecular formula is C13H16N4. The van der Waals surface area contributed by atoms with Crippen LogP contribution >= 0.6 is 0 Å². The average Bonchev–Trinajstić information content (AvgIpc) is 2.42. The minimum atomic E-state index is 0.708. The second-order valence-corrected chi connectivity index (χ2v) is 3.78. The molecule has 4 heteroatoms. The lowest BCUT2D eigenvalue weighted by Gasteiger charge is -2.21. The number of unbranched alkanes of at least 4 members (excludes halogenated alkanes) is 1. The van der Waals surface area contributed by atoms with Gasteiger partial charge < -0.3 is 4.90 Å². The third kappa shape index (κ3) is 3.00. The SMILES string of the molecule is CCCCN(c1ccccc1)c1ncncn1. The monoisotopic (exact) mass is 228 g/mol. The molecule has 1 aromatic carbocycles. The highest BCUT2D eigenvalue weighted by Gasteiger charge is 2.10. The van der Waals surface area contributed by atoms with Crippen molar-refractivity contribution in [2.75, 3.05) is 11.4 Å². The fraction of sp³-hybridized carbons (Fsp3) is 0.308. The van der Waals surface area contributed by atoms with E-state index in [-0.39, 0.29) is 0 Å². The zero-order valence-electron chi connectivity index (χ0n) is 9.95. The van der Waals surface area contributed by atoms with E-state index in [9.17, 15) is 0 Å². The summed E-state index contributed by atoms with van der Waals surface area (Å²) in [5.74, 6) is 0.708. The van der Waals surface area contributed by atoms with E-state index in [1.165, 1.54) is 12.7 Å². The maximum absolute atomic E-state index is 4.21. The van der Waals surface area contributed by atoms with Crippen molar-refractivity contribution in [3.63, 3.8) is 0 Å². The molecule has 0 radical (unpaired) electrons. The summed E-state index contributed by atoms with van der Waals surface area (Å²) in [4.78, 5) is 14.4. The Morgan fingerprint density at radius 2 is 1.76 bits per heavy atom. The summed E-state index contributed by atoms with van der Waals surface area (Å²) in [5, 5.41) is 0. The Hall–Kier alpha value is -1.97. The maximum atomic E-state index is 4.21. The van der Waals surface area contributed by atoms with Crippen molar-refractivity contribution < 1.29 is 0 Å². The molecule has 0 aliphatic heterocycles. The van der Waals surface area contributed by atoms with Gasteiger partial charge in [0.25, 0.3) is 0 Å². The van der Waals surface area contributed by atoms with Crippen LogP contribution in [0.1, 0.15) is 19.8 Å². The molecule has 4 nitrogen and oxygen atoms in total. The van der Waals surface area contributed by atoms with Crippen LogP contribution in [0.25, 0.3) is 0 Å². The number of anilines is 2. The second-order valence-electron chi connectivity index (χ2n) is 3.78. The van der Waals surface area contributed by atoms with E-state index in [0.29, 0.717) is 5.95 Å². The average molecular weight is 228 g/mol. The summed E-state index contributed by atoms with van der Waals surface area (Å²) in [6.07, 6.45) is 5.32. The normalized spacial score (nSPS) is 10.2. The first-order chi connectivity index (χ1) is 8.42. The smallest absolute Gasteiger partial charge is 0.232 e. The summed E-state index contributed by atoms with van der Waals surface area (Å²) < 4.78 is 0. The summed E-state index contributed by atoms with van der Waals surface area (Å²) in [6, 6.07) is 10.2. The molecule has 0 N–H and O–H groups in total. The van der Waals surface area contributed by atoms with E-state index in [2.05, 4.69) is 38.9 Å². The first-order valence-electron chi connectivity index (χ1n) is 5.86. The van der Waals surface area contributed by atoms with Crippen molar-refractivity contribution in [3.05, 3.63) is 43.0 Å². The van der Waals surface area contributed by atoms with E-state index >= 15 is 0 Å². The lowest BCUT2D eigenvalue weighted by Crippen LogP contribution is -2.20. The van der Waals surface area contributed by atoms with Crippen LogP contribution in [-0.2, 0) is 0 Å². The van der Waals surface area contributed by atoms with Gasteiger partial charge in [0.2, 0.25) is 5.95 Å². The van der Waals surface area contributed by atoms with Crippen molar-refractivity contribution in [2.45, 2.75) is 19.8 Å². The number of rotatable bonds is 5. The molecule has 88 valence electrons. The zero-order valence-corrected chi connectivity index (χ0v) is 9.95. The minimum absolute atomic E-state index is 0.708. The van der Waals surface area contributed by atoms with Crippen molar-refractivity contribution >= 4 is 11.6 Å². The van der Waals surface area contributed by atoms with Crippen LogP contribution in [0.2, 0.25) is 0 Å². The number of aromatic nitrogens is 3. The molecule has 1 aromatic heterocycles. The fourth-order valence-corrected chi connectivity index (χ4v) is 1.64. The van der Waals surface area contributed by atoms with Gasteiger partial charge in [-0.15, -0.1) is 0 Å². The van der Waals surface area contributed by atoms with E-state index in [0.717, 1.165) is 25.1 Å². The third-order valence-corrected chi connectivity index (χ3v) is 2.52. The molecule has 0 unspecified atom stereocenters. The Labute approximate surface area is 101 Å². The second kappa shape index (κ2) is 5.94. The van der Waals surface area contributed by atoms with Gasteiger partial charge in [-0.2, -0.15) is 0 Å². The van der Waals surface area contributed by atoms with Crippen LogP contribution in [0, 0.1) is 0 Å². The molecule has 1 heterocycles. The topological polar surface area (TPSA) is 41.9 Å². The van der Waals surface area contributed by atoms with E-state index in [1.807, 2.05) is 18.2 Å². The van der Waals surface area contributed by atoms with Gasteiger partial charge in [0.05, 0.1) is 0 Å². The molecule has 17 heavy (non-hydrogen) atoms. The molecule has 0 aliphatic rings. The molecule has 0 bridgehead atoms. The van der Waals surface area contributed by atoms with Gasteiger partial charge in [-0.05, 0) is 18.6 Å². The van der Waals surface area contributed by atoms with Crippen LogP contribution in [0.15, 0.2) is 43.0 Å². The predicted octanol–water partition coefficient (Wildman–Crippen LogP) is 2.81. The summed E-state index contributed by atoms with van der Waals surface area (Å²) in [6.45, 7) is 3.10. The molecule has 0 atom stereocenters. The minimum Gasteiger partial charge on any atom is -0.310 e. The van der Waals surface area contributed by atoms with Gasteiger partial charge in [0.1, 0.15) is 12.7 Å². The van der Waals surface area contributed by atoms with Crippen LogP contribution in [0.3, 0.4) is 0 Å². The van der Waals surface area contributed by atoms with E-state index in [4.69, 9.17) is 0 Å². The third-order valence-electron chi connectivity index (χ3n) is 2.52. The fourth-order valence-electron chi connectivity index (χ4n) is 1.64. The first kappa shape index (κ1) is 11.5. The highest BCUT2D eigenvalue weighted by molar-refractivity contribution is 5.56. The van der Waals surface area contributed by atoms with Crippen LogP contribution in [-0.4, -0.2) is 21.5 Å². The van der Waals surface area contributed by atoms with Crippen LogP contribution < -0.4 is 4.90 Å². The van der Waals surface area contributed by atoms with E-state index < -0.39 is 0 Å². The number of benzene rings is 1. The van der Waals surface area contributed by atoms with Crippen molar-refractivity contribution in [3.8, 4) is 0 Å². The molecule has 0 fully saturated rings. The summed E-state index contributed by atoms with van der Waals surface area (Å²) >= 11 is 0. The van der Waals surface area contributed by atoms with Crippen LogP contribution in [0.5, 0.6) is 0 Å². The van der Waals surface area contributed by atoms with Gasteiger partial charge in [-0.3, -0.25) is 0 Å². The molecular weight excluding hydrogens is 212 g/mol. The Morgan fingerprint density at radius 1 is 1.06 bits per heavy atom. The van der Waals surface area contributed by atoms with Gasteiger partial charge in [-0.25, -0.2) is 15.0 Å². The molecule has 0 saturated heterocycles. The van der Waals surface area contributed by atoms with E-state index in [1.54, 1.807) is 0 Å². The number of nitrogens with zero attached hydrogens (tertiary/aromatic N) is 4. The largest absolute Gasteiger partial charge is 0.310 e. The standard InChI is InChI=1S/C13H16N4/c1-2-3-9-17(12-7-5-4-6-8-12)13-15-10-14-11-16-13/h4-8,10-11H,2-3,9H2,1H3. The molecule has 0 aliphatic carbocycles. The van der Waals surface area contributed by atoms with Crippen molar-refractivity contribution in [1.29, 1.82) is 0 Å². The number of para-hydroxylation sites is 1. The van der Waals surface area contributed by atoms with Gasteiger partial charge in [-0.1, -0.05) is 31.5 Å². The lowest BCUT2D eigenvalue weighted by molar-refractivity contribution is 0.768. The first-order valence-corrected chi connectivity index (χ1v) is 5.86. The molecule has 0 spiro atoms. The highest BCUT2D eigenvalue weighted by Crippen LogP contribution is 2.21. The number of hydrogen-bond acceptors (Lipinski definition) is 4. The molecule has 2 aromatic rings. The van der Waals surface area contributed by atoms with Crippen LogP contribution in [0.4, 0.5) is 11.6 Å². The molecule has 0 saturated carbocycles. The quantitative estimate of drug-likeness (QED) is 0.789. The summed E-state index contributed by atoms with van der Waals surface area (Å²) in [5.41, 5.74) is 1.12. The van der Waals surface area contributed by atoms with Crippen molar-refractivity contribution in [2.24, 2.45) is 0 Å². The Kier molecular flexibility index (Phi) is 4.02. The maximum Gasteiger partial charge on any atom is 0.232 e. The molecule has 2 rings (SSSR count). The lowest BCUT2D eigenvalue weighted by atomic mass is 10.2. The molecule has 0 amide bonds. The Balaban J connectivity index is 2.26. The van der Waals surface area contributed by atoms with Gasteiger partial charge in [0, 0.05) is 12.2 Å². The summed E-state index contributed by atoms with van der Waals surface area (Å²) in [7, 11) is 0. The highest BCUT2D eigenvalue weighted by atomic mass is 15.3. The Bertz CT molecular complexity index is 390. The van der Waals surface area contributed by atoms with Gasteiger partial charge in [0.15, 0.2) is 0 Å². The number of hydrogen-bond donors (Lipinski definition) is 0. The van der Waals surface area contributed by atoms with Gasteiger partial charge >= 0.3 is 0 Å².